The van der Waals surface area contributed by atoms with Crippen LogP contribution in [0.1, 0.15) is 88.5 Å². The Balaban J connectivity index is 1.40. The maximum atomic E-state index is 5.51. The van der Waals surface area contributed by atoms with Gasteiger partial charge >= 0.3 is 0 Å². The first-order valence-corrected chi connectivity index (χ1v) is 11.0. The van der Waals surface area contributed by atoms with Crippen LogP contribution in [-0.2, 0) is 6.42 Å². The number of aryl methyl sites for hydroxylation is 1. The van der Waals surface area contributed by atoms with Crippen LogP contribution in [0, 0.1) is 0 Å². The summed E-state index contributed by atoms with van der Waals surface area (Å²) in [6.45, 7) is 4.31. The molecule has 1 aromatic carbocycles. The number of rotatable bonds is 11. The van der Waals surface area contributed by atoms with E-state index >= 15 is 0 Å². The van der Waals surface area contributed by atoms with Gasteiger partial charge in [0, 0.05) is 12.1 Å². The second-order valence-corrected chi connectivity index (χ2v) is 7.92. The molecule has 1 atom stereocenters. The SMILES string of the molecule is CCCCCCCCCCc1ccc(-c2noc([C@H]3CCCNC3)n2)cc1. The average molecular weight is 370 g/mol. The molecular formula is C23H35N3O. The minimum absolute atomic E-state index is 0.362. The molecule has 0 aliphatic carbocycles. The third-order valence-corrected chi connectivity index (χ3v) is 5.62. The van der Waals surface area contributed by atoms with Crippen molar-refractivity contribution in [3.63, 3.8) is 0 Å². The minimum Gasteiger partial charge on any atom is -0.339 e. The van der Waals surface area contributed by atoms with Crippen LogP contribution in [0.2, 0.25) is 0 Å². The summed E-state index contributed by atoms with van der Waals surface area (Å²) in [6.07, 6.45) is 14.4. The van der Waals surface area contributed by atoms with Crippen LogP contribution < -0.4 is 5.32 Å². The number of unbranched alkanes of at least 4 members (excludes halogenated alkanes) is 7. The van der Waals surface area contributed by atoms with Crippen molar-refractivity contribution in [2.75, 3.05) is 13.1 Å². The molecule has 4 nitrogen and oxygen atoms in total. The zero-order valence-corrected chi connectivity index (χ0v) is 16.9. The standard InChI is InChI=1S/C23H35N3O/c1-2-3-4-5-6-7-8-9-11-19-13-15-20(16-14-19)22-25-23(27-26-22)21-12-10-17-24-18-21/h13-16,21,24H,2-12,17-18H2,1H3/t21-/m0/s1. The highest BCUT2D eigenvalue weighted by Gasteiger charge is 2.21. The van der Waals surface area contributed by atoms with Crippen LogP contribution in [0.4, 0.5) is 0 Å². The number of hydrogen-bond acceptors (Lipinski definition) is 4. The van der Waals surface area contributed by atoms with Gasteiger partial charge in [-0.25, -0.2) is 0 Å². The Hall–Kier alpha value is -1.68. The fourth-order valence-electron chi connectivity index (χ4n) is 3.86. The van der Waals surface area contributed by atoms with Gasteiger partial charge in [-0.2, -0.15) is 4.98 Å². The number of benzene rings is 1. The zero-order valence-electron chi connectivity index (χ0n) is 16.9. The second-order valence-electron chi connectivity index (χ2n) is 7.92. The van der Waals surface area contributed by atoms with Gasteiger partial charge in [-0.15, -0.1) is 0 Å². The molecule has 1 N–H and O–H groups in total. The molecular weight excluding hydrogens is 334 g/mol. The van der Waals surface area contributed by atoms with Crippen molar-refractivity contribution >= 4 is 0 Å². The molecule has 148 valence electrons. The summed E-state index contributed by atoms with van der Waals surface area (Å²) >= 11 is 0. The van der Waals surface area contributed by atoms with Crippen molar-refractivity contribution < 1.29 is 4.52 Å². The highest BCUT2D eigenvalue weighted by atomic mass is 16.5. The highest BCUT2D eigenvalue weighted by molar-refractivity contribution is 5.54. The Morgan fingerprint density at radius 2 is 1.74 bits per heavy atom. The molecule has 0 unspecified atom stereocenters. The predicted octanol–water partition coefficient (Wildman–Crippen LogP) is 5.89. The van der Waals surface area contributed by atoms with Gasteiger partial charge in [0.2, 0.25) is 11.7 Å². The molecule has 1 saturated heterocycles. The zero-order chi connectivity index (χ0) is 18.7. The van der Waals surface area contributed by atoms with Gasteiger partial charge in [0.25, 0.3) is 0 Å². The maximum Gasteiger partial charge on any atom is 0.231 e. The van der Waals surface area contributed by atoms with Crippen molar-refractivity contribution in [1.29, 1.82) is 0 Å². The van der Waals surface area contributed by atoms with Crippen LogP contribution >= 0.6 is 0 Å². The molecule has 1 aromatic heterocycles. The van der Waals surface area contributed by atoms with Crippen LogP contribution in [-0.4, -0.2) is 23.2 Å². The van der Waals surface area contributed by atoms with Gasteiger partial charge < -0.3 is 9.84 Å². The molecule has 2 aromatic rings. The maximum absolute atomic E-state index is 5.51. The first kappa shape index (κ1) is 20.1. The molecule has 1 aliphatic rings. The molecule has 0 radical (unpaired) electrons. The molecule has 2 heterocycles. The first-order valence-electron chi connectivity index (χ1n) is 11.0. The fourth-order valence-corrected chi connectivity index (χ4v) is 3.86. The molecule has 3 rings (SSSR count). The number of nitrogens with zero attached hydrogens (tertiary/aromatic N) is 2. The Morgan fingerprint density at radius 3 is 2.44 bits per heavy atom. The lowest BCUT2D eigenvalue weighted by molar-refractivity contribution is 0.322. The molecule has 0 amide bonds. The summed E-state index contributed by atoms with van der Waals surface area (Å²) in [5, 5.41) is 7.60. The normalized spacial score (nSPS) is 17.3. The van der Waals surface area contributed by atoms with Crippen LogP contribution in [0.25, 0.3) is 11.4 Å². The van der Waals surface area contributed by atoms with E-state index in [1.807, 2.05) is 0 Å². The van der Waals surface area contributed by atoms with Crippen molar-refractivity contribution in [2.45, 2.75) is 83.5 Å². The van der Waals surface area contributed by atoms with Crippen LogP contribution in [0.15, 0.2) is 28.8 Å². The lowest BCUT2D eigenvalue weighted by atomic mass is 10.00. The van der Waals surface area contributed by atoms with E-state index in [4.69, 9.17) is 4.52 Å². The van der Waals surface area contributed by atoms with E-state index in [-0.39, 0.29) is 0 Å². The van der Waals surface area contributed by atoms with Crippen molar-refractivity contribution in [3.05, 3.63) is 35.7 Å². The van der Waals surface area contributed by atoms with E-state index in [1.54, 1.807) is 0 Å². The quantitative estimate of drug-likeness (QED) is 0.502. The van der Waals surface area contributed by atoms with E-state index in [9.17, 15) is 0 Å². The van der Waals surface area contributed by atoms with E-state index in [2.05, 4.69) is 46.6 Å². The summed E-state index contributed by atoms with van der Waals surface area (Å²) in [7, 11) is 0. The monoisotopic (exact) mass is 369 g/mol. The van der Waals surface area contributed by atoms with E-state index < -0.39 is 0 Å². The summed E-state index contributed by atoms with van der Waals surface area (Å²) < 4.78 is 5.51. The number of nitrogens with one attached hydrogen (secondary N) is 1. The fraction of sp³-hybridized carbons (Fsp3) is 0.652. The molecule has 0 saturated carbocycles. The molecule has 0 spiro atoms. The largest absolute Gasteiger partial charge is 0.339 e. The lowest BCUT2D eigenvalue weighted by Crippen LogP contribution is -2.28. The molecule has 0 bridgehead atoms. The first-order chi connectivity index (χ1) is 13.4. The van der Waals surface area contributed by atoms with E-state index in [0.29, 0.717) is 11.7 Å². The molecule has 1 fully saturated rings. The lowest BCUT2D eigenvalue weighted by Gasteiger charge is -2.18. The summed E-state index contributed by atoms with van der Waals surface area (Å²) in [5.74, 6) is 1.86. The Bertz CT molecular complexity index is 644. The number of aromatic nitrogens is 2. The van der Waals surface area contributed by atoms with Gasteiger partial charge in [0.05, 0.1) is 5.92 Å². The van der Waals surface area contributed by atoms with Crippen LogP contribution in [0.3, 0.4) is 0 Å². The Kier molecular flexibility index (Phi) is 8.34. The second kappa shape index (κ2) is 11.2. The minimum atomic E-state index is 0.362. The summed E-state index contributed by atoms with van der Waals surface area (Å²) in [6, 6.07) is 8.70. The van der Waals surface area contributed by atoms with Gasteiger partial charge in [0.1, 0.15) is 0 Å². The van der Waals surface area contributed by atoms with Gasteiger partial charge in [-0.1, -0.05) is 81.3 Å². The number of hydrogen-bond donors (Lipinski definition) is 1. The predicted molar refractivity (Wildman–Crippen MR) is 111 cm³/mol. The summed E-state index contributed by atoms with van der Waals surface area (Å²) in [4.78, 5) is 4.63. The molecule has 4 heteroatoms. The van der Waals surface area contributed by atoms with Crippen molar-refractivity contribution in [2.24, 2.45) is 0 Å². The van der Waals surface area contributed by atoms with Gasteiger partial charge in [-0.05, 0) is 37.8 Å². The van der Waals surface area contributed by atoms with E-state index in [0.717, 1.165) is 31.0 Å². The molecule has 27 heavy (non-hydrogen) atoms. The van der Waals surface area contributed by atoms with E-state index in [1.165, 1.54) is 69.8 Å². The van der Waals surface area contributed by atoms with Gasteiger partial charge in [0.15, 0.2) is 0 Å². The molecule has 1 aliphatic heterocycles. The Labute approximate surface area is 164 Å². The third kappa shape index (κ3) is 6.46. The number of piperidine rings is 1. The van der Waals surface area contributed by atoms with Crippen molar-refractivity contribution in [1.82, 2.24) is 15.5 Å². The highest BCUT2D eigenvalue weighted by Crippen LogP contribution is 2.25. The van der Waals surface area contributed by atoms with Crippen LogP contribution in [0.5, 0.6) is 0 Å². The summed E-state index contributed by atoms with van der Waals surface area (Å²) in [5.41, 5.74) is 2.46. The third-order valence-electron chi connectivity index (χ3n) is 5.62. The topological polar surface area (TPSA) is 51.0 Å². The smallest absolute Gasteiger partial charge is 0.231 e. The van der Waals surface area contributed by atoms with Crippen molar-refractivity contribution in [3.8, 4) is 11.4 Å². The van der Waals surface area contributed by atoms with Gasteiger partial charge in [-0.3, -0.25) is 0 Å². The Morgan fingerprint density at radius 1 is 1.00 bits per heavy atom. The average Bonchev–Trinajstić information content (AvgIpc) is 3.21.